The third-order valence-electron chi connectivity index (χ3n) is 5.00. The number of oxazole rings is 1. The Bertz CT molecular complexity index is 965. The molecule has 0 radical (unpaired) electrons. The van der Waals surface area contributed by atoms with E-state index in [1.807, 2.05) is 0 Å². The Kier molecular flexibility index (Phi) is 5.02. The van der Waals surface area contributed by atoms with Crippen LogP contribution in [0.5, 0.6) is 0 Å². The predicted molar refractivity (Wildman–Crippen MR) is 95.5 cm³/mol. The molecule has 0 saturated carbocycles. The molecule has 0 bridgehead atoms. The van der Waals surface area contributed by atoms with E-state index in [1.54, 1.807) is 6.92 Å². The van der Waals surface area contributed by atoms with Gasteiger partial charge in [-0.3, -0.25) is 14.3 Å². The summed E-state index contributed by atoms with van der Waals surface area (Å²) < 4.78 is 57.9. The SMILES string of the molecule is Cc1ncoc1C(=O)N1CCOCC2(C1)CN(c1ccc(F)cc1)C(=O)C(F)(F)O2. The van der Waals surface area contributed by atoms with Gasteiger partial charge in [0.2, 0.25) is 5.76 Å². The molecule has 2 aliphatic heterocycles. The smallest absolute Gasteiger partial charge is 0.437 e. The van der Waals surface area contributed by atoms with Gasteiger partial charge in [0.25, 0.3) is 5.91 Å². The maximum Gasteiger partial charge on any atom is 0.437 e. The Morgan fingerprint density at radius 2 is 1.93 bits per heavy atom. The van der Waals surface area contributed by atoms with Crippen molar-refractivity contribution in [1.29, 1.82) is 0 Å². The molecule has 8 nitrogen and oxygen atoms in total. The van der Waals surface area contributed by atoms with Crippen LogP contribution in [0.2, 0.25) is 0 Å². The van der Waals surface area contributed by atoms with Crippen LogP contribution in [0, 0.1) is 12.7 Å². The lowest BCUT2D eigenvalue weighted by Gasteiger charge is -2.45. The molecule has 1 aromatic carbocycles. The summed E-state index contributed by atoms with van der Waals surface area (Å²) in [6.45, 7) is 0.923. The van der Waals surface area contributed by atoms with E-state index in [9.17, 15) is 22.8 Å². The maximum absolute atomic E-state index is 14.6. The van der Waals surface area contributed by atoms with Crippen molar-refractivity contribution >= 4 is 17.5 Å². The van der Waals surface area contributed by atoms with E-state index < -0.39 is 29.3 Å². The summed E-state index contributed by atoms with van der Waals surface area (Å²) in [5, 5.41) is 0. The Hall–Kier alpha value is -2.92. The Labute approximate surface area is 169 Å². The van der Waals surface area contributed by atoms with Gasteiger partial charge < -0.3 is 19.0 Å². The first-order chi connectivity index (χ1) is 14.2. The number of carbonyl (C=O) groups is 2. The van der Waals surface area contributed by atoms with Gasteiger partial charge in [0.1, 0.15) is 11.4 Å². The molecular weight excluding hydrogens is 407 g/mol. The molecule has 1 spiro atoms. The number of nitrogens with zero attached hydrogens (tertiary/aromatic N) is 3. The van der Waals surface area contributed by atoms with E-state index in [1.165, 1.54) is 17.0 Å². The molecule has 11 heteroatoms. The van der Waals surface area contributed by atoms with Crippen LogP contribution in [0.1, 0.15) is 16.2 Å². The maximum atomic E-state index is 14.6. The second kappa shape index (κ2) is 7.40. The van der Waals surface area contributed by atoms with Gasteiger partial charge >= 0.3 is 12.0 Å². The molecule has 1 aromatic heterocycles. The molecule has 1 atom stereocenters. The number of benzene rings is 1. The average molecular weight is 425 g/mol. The van der Waals surface area contributed by atoms with Crippen molar-refractivity contribution in [2.45, 2.75) is 18.6 Å². The first-order valence-electron chi connectivity index (χ1n) is 9.13. The van der Waals surface area contributed by atoms with E-state index in [0.717, 1.165) is 23.4 Å². The highest BCUT2D eigenvalue weighted by molar-refractivity contribution is 5.98. The number of carbonyl (C=O) groups excluding carboxylic acids is 2. The van der Waals surface area contributed by atoms with Crippen LogP contribution in [-0.2, 0) is 14.3 Å². The number of hydrogen-bond acceptors (Lipinski definition) is 6. The number of rotatable bonds is 2. The number of aryl methyl sites for hydroxylation is 1. The summed E-state index contributed by atoms with van der Waals surface area (Å²) in [6.07, 6.45) is -3.04. The summed E-state index contributed by atoms with van der Waals surface area (Å²) in [6, 6.07) is 4.57. The van der Waals surface area contributed by atoms with Crippen molar-refractivity contribution < 1.29 is 36.7 Å². The number of ether oxygens (including phenoxy) is 2. The fourth-order valence-corrected chi connectivity index (χ4v) is 3.58. The van der Waals surface area contributed by atoms with Gasteiger partial charge in [-0.05, 0) is 31.2 Å². The molecule has 1 unspecified atom stereocenters. The summed E-state index contributed by atoms with van der Waals surface area (Å²) in [7, 11) is 0. The average Bonchev–Trinajstić information content (AvgIpc) is 3.02. The first-order valence-corrected chi connectivity index (χ1v) is 9.13. The van der Waals surface area contributed by atoms with Crippen LogP contribution in [0.3, 0.4) is 0 Å². The number of morpholine rings is 1. The quantitative estimate of drug-likeness (QED) is 0.732. The lowest BCUT2D eigenvalue weighted by atomic mass is 10.00. The van der Waals surface area contributed by atoms with Crippen LogP contribution >= 0.6 is 0 Å². The molecule has 2 aliphatic rings. The number of halogens is 3. The van der Waals surface area contributed by atoms with Gasteiger partial charge in [0.15, 0.2) is 6.39 Å². The van der Waals surface area contributed by atoms with Gasteiger partial charge in [-0.15, -0.1) is 0 Å². The number of anilines is 1. The van der Waals surface area contributed by atoms with E-state index >= 15 is 0 Å². The summed E-state index contributed by atoms with van der Waals surface area (Å²) in [4.78, 5) is 31.1. The Morgan fingerprint density at radius 1 is 1.20 bits per heavy atom. The van der Waals surface area contributed by atoms with Crippen LogP contribution in [-0.4, -0.2) is 66.3 Å². The molecule has 0 aliphatic carbocycles. The normalized spacial score (nSPS) is 24.2. The third kappa shape index (κ3) is 3.65. The van der Waals surface area contributed by atoms with Gasteiger partial charge in [0, 0.05) is 12.2 Å². The number of amides is 2. The minimum atomic E-state index is -4.16. The van der Waals surface area contributed by atoms with E-state index in [2.05, 4.69) is 4.98 Å². The monoisotopic (exact) mass is 425 g/mol. The van der Waals surface area contributed by atoms with Gasteiger partial charge in [-0.25, -0.2) is 9.37 Å². The summed E-state index contributed by atoms with van der Waals surface area (Å²) >= 11 is 0. The number of hydrogen-bond donors (Lipinski definition) is 0. The zero-order chi connectivity index (χ0) is 21.5. The minimum Gasteiger partial charge on any atom is -0.438 e. The van der Waals surface area contributed by atoms with Crippen molar-refractivity contribution in [2.75, 3.05) is 37.7 Å². The molecule has 3 heterocycles. The van der Waals surface area contributed by atoms with E-state index in [-0.39, 0.29) is 44.3 Å². The number of aromatic nitrogens is 1. The lowest BCUT2D eigenvalue weighted by molar-refractivity contribution is -0.293. The molecule has 4 rings (SSSR count). The summed E-state index contributed by atoms with van der Waals surface area (Å²) in [5.41, 5.74) is -1.26. The van der Waals surface area contributed by atoms with E-state index in [0.29, 0.717) is 5.69 Å². The molecule has 2 aromatic rings. The Balaban J connectivity index is 1.66. The van der Waals surface area contributed by atoms with Crippen molar-refractivity contribution in [2.24, 2.45) is 0 Å². The second-order valence-corrected chi connectivity index (χ2v) is 7.22. The lowest BCUT2D eigenvalue weighted by Crippen LogP contribution is -2.66. The fourth-order valence-electron chi connectivity index (χ4n) is 3.58. The van der Waals surface area contributed by atoms with Crippen LogP contribution in [0.25, 0.3) is 0 Å². The predicted octanol–water partition coefficient (Wildman–Crippen LogP) is 1.99. The zero-order valence-corrected chi connectivity index (χ0v) is 15.9. The Morgan fingerprint density at radius 3 is 2.60 bits per heavy atom. The topological polar surface area (TPSA) is 85.1 Å². The van der Waals surface area contributed by atoms with Gasteiger partial charge in [-0.2, -0.15) is 8.78 Å². The van der Waals surface area contributed by atoms with Crippen LogP contribution < -0.4 is 4.90 Å². The zero-order valence-electron chi connectivity index (χ0n) is 15.9. The molecule has 160 valence electrons. The second-order valence-electron chi connectivity index (χ2n) is 7.22. The minimum absolute atomic E-state index is 0.0129. The largest absolute Gasteiger partial charge is 0.438 e. The molecule has 2 fully saturated rings. The fraction of sp³-hybridized carbons (Fsp3) is 0.421. The van der Waals surface area contributed by atoms with Crippen molar-refractivity contribution in [3.8, 4) is 0 Å². The molecule has 2 saturated heterocycles. The highest BCUT2D eigenvalue weighted by Gasteiger charge is 2.58. The van der Waals surface area contributed by atoms with Crippen molar-refractivity contribution in [1.82, 2.24) is 9.88 Å². The molecule has 2 amide bonds. The standard InChI is InChI=1S/C19H18F3N3O5/c1-12-15(29-11-23-12)16(26)24-6-7-28-10-18(8-24)9-25(17(27)19(21,22)30-18)14-4-2-13(20)3-5-14/h2-5,11H,6-10H2,1H3. The molecule has 30 heavy (non-hydrogen) atoms. The molecular formula is C19H18F3N3O5. The summed E-state index contributed by atoms with van der Waals surface area (Å²) in [5.74, 6) is -2.71. The molecule has 0 N–H and O–H groups in total. The van der Waals surface area contributed by atoms with E-state index in [4.69, 9.17) is 13.9 Å². The van der Waals surface area contributed by atoms with Gasteiger partial charge in [-0.1, -0.05) is 0 Å². The first kappa shape index (κ1) is 20.4. The van der Waals surface area contributed by atoms with Crippen molar-refractivity contribution in [3.63, 3.8) is 0 Å². The highest BCUT2D eigenvalue weighted by atomic mass is 19.3. The number of alkyl halides is 2. The third-order valence-corrected chi connectivity index (χ3v) is 5.00. The highest BCUT2D eigenvalue weighted by Crippen LogP contribution is 2.37. The van der Waals surface area contributed by atoms with Crippen LogP contribution in [0.4, 0.5) is 18.9 Å². The van der Waals surface area contributed by atoms with Crippen molar-refractivity contribution in [3.05, 3.63) is 47.9 Å². The van der Waals surface area contributed by atoms with Gasteiger partial charge in [0.05, 0.1) is 32.0 Å². The van der Waals surface area contributed by atoms with Crippen LogP contribution in [0.15, 0.2) is 35.1 Å².